The van der Waals surface area contributed by atoms with Gasteiger partial charge in [0.2, 0.25) is 5.76 Å². The van der Waals surface area contributed by atoms with Crippen molar-refractivity contribution >= 4 is 13.6 Å². The molecule has 1 aromatic heterocycles. The molecule has 1 aliphatic heterocycles. The molecule has 0 spiro atoms. The second kappa shape index (κ2) is 10.4. The number of rotatable bonds is 10. The van der Waals surface area contributed by atoms with Crippen molar-refractivity contribution in [2.24, 2.45) is 0 Å². The Hall–Kier alpha value is -1.18. The summed E-state index contributed by atoms with van der Waals surface area (Å²) in [5, 5.41) is 0. The number of ether oxygens (including phenoxy) is 2. The Kier molecular flexibility index (Phi) is 8.51. The Labute approximate surface area is 160 Å². The number of nitrogens with zero attached hydrogens (tertiary/aromatic N) is 1. The predicted octanol–water partition coefficient (Wildman–Crippen LogP) is 3.62. The average Bonchev–Trinajstić information content (AvgIpc) is 3.06. The smallest absolute Gasteiger partial charge is 0.373 e. The fourth-order valence-electron chi connectivity index (χ4n) is 3.28. The Morgan fingerprint density at radius 1 is 1.22 bits per heavy atom. The van der Waals surface area contributed by atoms with Gasteiger partial charge in [-0.05, 0) is 26.3 Å². The minimum absolute atomic E-state index is 0.0470. The van der Waals surface area contributed by atoms with Gasteiger partial charge in [-0.3, -0.25) is 9.46 Å². The third-order valence-corrected chi connectivity index (χ3v) is 6.45. The highest BCUT2D eigenvalue weighted by molar-refractivity contribution is 7.53. The lowest BCUT2D eigenvalue weighted by molar-refractivity contribution is 0.00990. The highest BCUT2D eigenvalue weighted by Crippen LogP contribution is 2.52. The lowest BCUT2D eigenvalue weighted by Gasteiger charge is -2.33. The monoisotopic (exact) mass is 403 g/mol. The van der Waals surface area contributed by atoms with Crippen LogP contribution in [-0.4, -0.2) is 57.5 Å². The third-order valence-electron chi connectivity index (χ3n) is 4.42. The molecule has 1 atom stereocenters. The molecule has 0 N–H and O–H groups in total. The lowest BCUT2D eigenvalue weighted by Crippen LogP contribution is -2.39. The average molecular weight is 403 g/mol. The van der Waals surface area contributed by atoms with Crippen LogP contribution in [0.15, 0.2) is 10.5 Å². The van der Waals surface area contributed by atoms with Gasteiger partial charge in [0, 0.05) is 18.7 Å². The van der Waals surface area contributed by atoms with Crippen LogP contribution < -0.4 is 0 Å². The predicted molar refractivity (Wildman–Crippen MR) is 100 cm³/mol. The summed E-state index contributed by atoms with van der Waals surface area (Å²) in [6.45, 7) is 8.95. The molecular formula is C18H30NO7P. The molecule has 1 aliphatic rings. The molecule has 1 fully saturated rings. The molecule has 1 aromatic rings. The van der Waals surface area contributed by atoms with Gasteiger partial charge in [0.15, 0.2) is 0 Å². The van der Waals surface area contributed by atoms with Crippen LogP contribution in [0.25, 0.3) is 0 Å². The first kappa shape index (κ1) is 22.1. The third kappa shape index (κ3) is 5.65. The van der Waals surface area contributed by atoms with E-state index in [1.807, 2.05) is 0 Å². The van der Waals surface area contributed by atoms with E-state index >= 15 is 0 Å². The number of hydrogen-bond donors (Lipinski definition) is 0. The molecular weight excluding hydrogens is 373 g/mol. The second-order valence-electron chi connectivity index (χ2n) is 6.17. The quantitative estimate of drug-likeness (QED) is 0.432. The Bertz CT molecular complexity index is 644. The highest BCUT2D eigenvalue weighted by atomic mass is 31.2. The van der Waals surface area contributed by atoms with Crippen LogP contribution in [0.1, 0.15) is 55.1 Å². The Morgan fingerprint density at radius 2 is 1.85 bits per heavy atom. The normalized spacial score (nSPS) is 17.0. The molecule has 2 heterocycles. The van der Waals surface area contributed by atoms with Crippen LogP contribution in [0.5, 0.6) is 0 Å². The highest BCUT2D eigenvalue weighted by Gasteiger charge is 2.33. The number of hydrogen-bond acceptors (Lipinski definition) is 8. The van der Waals surface area contributed by atoms with Crippen LogP contribution >= 0.6 is 7.60 Å². The van der Waals surface area contributed by atoms with Crippen LogP contribution in [0.3, 0.4) is 0 Å². The molecule has 8 nitrogen and oxygen atoms in total. The first-order chi connectivity index (χ1) is 13.0. The lowest BCUT2D eigenvalue weighted by atomic mass is 10.1. The minimum Gasteiger partial charge on any atom is -0.463 e. The van der Waals surface area contributed by atoms with E-state index in [0.717, 1.165) is 19.5 Å². The number of morpholine rings is 1. The summed E-state index contributed by atoms with van der Waals surface area (Å²) in [4.78, 5) is 14.3. The summed E-state index contributed by atoms with van der Waals surface area (Å²) in [5.74, 6) is 0.134. The zero-order chi connectivity index (χ0) is 19.9. The maximum atomic E-state index is 13.0. The van der Waals surface area contributed by atoms with Gasteiger partial charge in [-0.25, -0.2) is 4.79 Å². The van der Waals surface area contributed by atoms with Crippen molar-refractivity contribution in [1.29, 1.82) is 0 Å². The topological polar surface area (TPSA) is 87.4 Å². The van der Waals surface area contributed by atoms with E-state index in [1.54, 1.807) is 19.9 Å². The van der Waals surface area contributed by atoms with Gasteiger partial charge in [-0.2, -0.15) is 0 Å². The van der Waals surface area contributed by atoms with Gasteiger partial charge in [0.05, 0.1) is 45.7 Å². The number of esters is 1. The van der Waals surface area contributed by atoms with E-state index in [9.17, 15) is 9.36 Å². The van der Waals surface area contributed by atoms with Crippen LogP contribution in [-0.2, 0) is 29.2 Å². The van der Waals surface area contributed by atoms with E-state index in [0.29, 0.717) is 24.5 Å². The standard InChI is InChI=1S/C18H30NO7P/c1-5-15(19-8-10-23-11-9-19)17-14(12-16(26-17)18(20)22-4)13-27(21,24-6-2)25-7-3/h12,15H,5-11,13H2,1-4H3. The number of carbonyl (C=O) groups excluding carboxylic acids is 1. The van der Waals surface area contributed by atoms with E-state index < -0.39 is 13.6 Å². The maximum Gasteiger partial charge on any atom is 0.373 e. The number of methoxy groups -OCH3 is 1. The molecule has 0 aliphatic carbocycles. The first-order valence-electron chi connectivity index (χ1n) is 9.38. The second-order valence-corrected chi connectivity index (χ2v) is 8.22. The molecule has 0 bridgehead atoms. The van der Waals surface area contributed by atoms with Crippen molar-refractivity contribution in [1.82, 2.24) is 4.90 Å². The first-order valence-corrected chi connectivity index (χ1v) is 11.1. The fraction of sp³-hybridized carbons (Fsp3) is 0.722. The van der Waals surface area contributed by atoms with E-state index in [1.165, 1.54) is 7.11 Å². The molecule has 1 saturated heterocycles. The van der Waals surface area contributed by atoms with Crippen molar-refractivity contribution in [3.05, 3.63) is 23.2 Å². The summed E-state index contributed by atoms with van der Waals surface area (Å²) in [6.07, 6.45) is 0.819. The molecule has 27 heavy (non-hydrogen) atoms. The van der Waals surface area contributed by atoms with Crippen molar-refractivity contribution in [3.63, 3.8) is 0 Å². The van der Waals surface area contributed by atoms with Crippen molar-refractivity contribution in [3.8, 4) is 0 Å². The summed E-state index contributed by atoms with van der Waals surface area (Å²) in [7, 11) is -2.04. The van der Waals surface area contributed by atoms with Crippen molar-refractivity contribution in [2.45, 2.75) is 39.4 Å². The van der Waals surface area contributed by atoms with Gasteiger partial charge in [-0.1, -0.05) is 6.92 Å². The van der Waals surface area contributed by atoms with Gasteiger partial charge in [-0.15, -0.1) is 0 Å². The molecule has 0 radical (unpaired) electrons. The van der Waals surface area contributed by atoms with Gasteiger partial charge < -0.3 is 22.9 Å². The molecule has 154 valence electrons. The van der Waals surface area contributed by atoms with Crippen molar-refractivity contribution in [2.75, 3.05) is 46.6 Å². The van der Waals surface area contributed by atoms with E-state index in [4.69, 9.17) is 22.9 Å². The zero-order valence-corrected chi connectivity index (χ0v) is 17.5. The van der Waals surface area contributed by atoms with E-state index in [2.05, 4.69) is 11.8 Å². The van der Waals surface area contributed by atoms with Gasteiger partial charge in [0.1, 0.15) is 5.76 Å². The fourth-order valence-corrected chi connectivity index (χ4v) is 4.99. The number of furan rings is 1. The Balaban J connectivity index is 2.39. The summed E-state index contributed by atoms with van der Waals surface area (Å²) >= 11 is 0. The van der Waals surface area contributed by atoms with E-state index in [-0.39, 0.29) is 31.2 Å². The molecule has 0 aromatic carbocycles. The van der Waals surface area contributed by atoms with Crippen LogP contribution in [0.2, 0.25) is 0 Å². The van der Waals surface area contributed by atoms with Gasteiger partial charge >= 0.3 is 13.6 Å². The van der Waals surface area contributed by atoms with Gasteiger partial charge in [0.25, 0.3) is 0 Å². The summed E-state index contributed by atoms with van der Waals surface area (Å²) in [5.41, 5.74) is 0.652. The molecule has 9 heteroatoms. The molecule has 2 rings (SSSR count). The molecule has 0 saturated carbocycles. The van der Waals surface area contributed by atoms with Crippen LogP contribution in [0, 0.1) is 0 Å². The number of carbonyl (C=O) groups is 1. The largest absolute Gasteiger partial charge is 0.463 e. The SMILES string of the molecule is CCOP(=O)(Cc1cc(C(=O)OC)oc1C(CC)N1CCOCC1)OCC. The zero-order valence-electron chi connectivity index (χ0n) is 16.6. The maximum absolute atomic E-state index is 13.0. The molecule has 0 amide bonds. The minimum atomic E-state index is -3.34. The summed E-state index contributed by atoms with van der Waals surface area (Å²) < 4.78 is 40.0. The Morgan fingerprint density at radius 3 is 2.37 bits per heavy atom. The summed E-state index contributed by atoms with van der Waals surface area (Å²) in [6, 6.07) is 1.54. The van der Waals surface area contributed by atoms with Crippen LogP contribution in [0.4, 0.5) is 0 Å². The van der Waals surface area contributed by atoms with Crippen molar-refractivity contribution < 1.29 is 32.3 Å². The molecule has 1 unspecified atom stereocenters.